The summed E-state index contributed by atoms with van der Waals surface area (Å²) in [5.41, 5.74) is -0.307. The lowest BCUT2D eigenvalue weighted by atomic mass is 9.32. The second-order valence-electron chi connectivity index (χ2n) is 15.5. The summed E-state index contributed by atoms with van der Waals surface area (Å²) in [4.78, 5) is 31.4. The van der Waals surface area contributed by atoms with E-state index >= 15 is 0 Å². The topological polar surface area (TPSA) is 47.7 Å². The van der Waals surface area contributed by atoms with Gasteiger partial charge in [-0.05, 0) is 89.8 Å². The first-order valence-corrected chi connectivity index (χ1v) is 14.3. The van der Waals surface area contributed by atoms with Crippen molar-refractivity contribution in [3.63, 3.8) is 0 Å². The van der Waals surface area contributed by atoms with Gasteiger partial charge in [0.25, 0.3) is 0 Å². The van der Waals surface area contributed by atoms with Crippen LogP contribution in [0.4, 0.5) is 0 Å². The molecule has 0 spiro atoms. The number of ether oxygens (including phenoxy) is 1. The first-order valence-electron chi connectivity index (χ1n) is 14.3. The summed E-state index contributed by atoms with van der Waals surface area (Å²) in [5, 5.41) is 0. The van der Waals surface area contributed by atoms with Crippen LogP contribution in [0.1, 0.15) is 99.8 Å². The molecule has 0 radical (unpaired) electrons. The summed E-state index contributed by atoms with van der Waals surface area (Å²) in [6.07, 6.45) is 10.3. The van der Waals surface area contributed by atoms with Gasteiger partial charge in [0.2, 0.25) is 5.70 Å². The molecule has 0 aromatic heterocycles. The number of methoxy groups -OCH3 is 1. The average Bonchev–Trinajstić information content (AvgIpc) is 2.79. The van der Waals surface area contributed by atoms with Gasteiger partial charge in [0.05, 0.1) is 13.2 Å². The zero-order chi connectivity index (χ0) is 26.5. The normalized spacial score (nSPS) is 49.0. The Labute approximate surface area is 218 Å². The number of hydrogen-bond donors (Lipinski definition) is 0. The molecule has 0 amide bonds. The molecule has 8 atom stereocenters. The van der Waals surface area contributed by atoms with Crippen molar-refractivity contribution < 1.29 is 14.3 Å². The zero-order valence-electron chi connectivity index (χ0n) is 23.9. The molecule has 198 valence electrons. The molecule has 0 unspecified atom stereocenters. The van der Waals surface area contributed by atoms with Crippen molar-refractivity contribution in [1.82, 2.24) is 0 Å². The van der Waals surface area contributed by atoms with Gasteiger partial charge in [-0.25, -0.2) is 4.85 Å². The van der Waals surface area contributed by atoms with E-state index in [0.29, 0.717) is 23.8 Å². The van der Waals surface area contributed by atoms with E-state index in [1.165, 1.54) is 6.42 Å². The second-order valence-corrected chi connectivity index (χ2v) is 15.5. The average molecular weight is 494 g/mol. The van der Waals surface area contributed by atoms with E-state index in [0.717, 1.165) is 45.1 Å². The van der Waals surface area contributed by atoms with Gasteiger partial charge in [0.1, 0.15) is 5.78 Å². The second kappa shape index (κ2) is 7.78. The maximum atomic E-state index is 14.4. The van der Waals surface area contributed by atoms with E-state index in [1.807, 2.05) is 27.0 Å². The van der Waals surface area contributed by atoms with Crippen LogP contribution >= 0.6 is 0 Å². The molecule has 4 heteroatoms. The van der Waals surface area contributed by atoms with Gasteiger partial charge in [0, 0.05) is 24.9 Å². The smallest absolute Gasteiger partial charge is 0.226 e. The maximum Gasteiger partial charge on any atom is 0.226 e. The maximum absolute atomic E-state index is 14.4. The van der Waals surface area contributed by atoms with Crippen LogP contribution in [0.15, 0.2) is 11.8 Å². The number of ketones is 2. The lowest BCUT2D eigenvalue weighted by molar-refractivity contribution is -0.227. The van der Waals surface area contributed by atoms with Gasteiger partial charge in [0.15, 0.2) is 5.78 Å². The Morgan fingerprint density at radius 2 is 1.61 bits per heavy atom. The molecule has 0 aliphatic heterocycles. The molecule has 4 saturated carbocycles. The van der Waals surface area contributed by atoms with Gasteiger partial charge in [-0.3, -0.25) is 4.79 Å². The van der Waals surface area contributed by atoms with Crippen molar-refractivity contribution in [3.8, 4) is 0 Å². The molecule has 0 aromatic rings. The zero-order valence-corrected chi connectivity index (χ0v) is 23.9. The highest BCUT2D eigenvalue weighted by Gasteiger charge is 2.72. The predicted molar refractivity (Wildman–Crippen MR) is 142 cm³/mol. The van der Waals surface area contributed by atoms with Gasteiger partial charge in [-0.15, -0.1) is 0 Å². The van der Waals surface area contributed by atoms with Gasteiger partial charge in [-0.2, -0.15) is 0 Å². The van der Waals surface area contributed by atoms with E-state index in [1.54, 1.807) is 0 Å². The molecule has 36 heavy (non-hydrogen) atoms. The molecule has 4 fully saturated rings. The minimum absolute atomic E-state index is 0.00223. The van der Waals surface area contributed by atoms with Crippen LogP contribution < -0.4 is 0 Å². The monoisotopic (exact) mass is 493 g/mol. The third-order valence-electron chi connectivity index (χ3n) is 13.1. The molecule has 0 heterocycles. The minimum Gasteiger partial charge on any atom is -0.384 e. The van der Waals surface area contributed by atoms with E-state index < -0.39 is 5.41 Å². The Morgan fingerprint density at radius 1 is 0.944 bits per heavy atom. The fourth-order valence-corrected chi connectivity index (χ4v) is 10.9. The summed E-state index contributed by atoms with van der Waals surface area (Å²) in [5.74, 6) is 1.20. The van der Waals surface area contributed by atoms with Crippen molar-refractivity contribution in [2.24, 2.45) is 56.2 Å². The molecule has 5 aliphatic rings. The summed E-state index contributed by atoms with van der Waals surface area (Å²) in [6.45, 7) is 24.6. The first kappa shape index (κ1) is 26.1. The molecule has 4 nitrogen and oxygen atoms in total. The molecular weight excluding hydrogens is 446 g/mol. The number of fused-ring (bicyclic) bond motifs is 7. The molecule has 0 saturated heterocycles. The molecule has 0 bridgehead atoms. The summed E-state index contributed by atoms with van der Waals surface area (Å²) in [7, 11) is 1.83. The molecule has 5 rings (SSSR count). The van der Waals surface area contributed by atoms with Crippen molar-refractivity contribution in [2.45, 2.75) is 99.8 Å². The number of allylic oxidation sites excluding steroid dienone is 2. The first-order chi connectivity index (χ1) is 16.6. The van der Waals surface area contributed by atoms with Crippen LogP contribution in [0.3, 0.4) is 0 Å². The van der Waals surface area contributed by atoms with Gasteiger partial charge < -0.3 is 9.53 Å². The molecule has 0 N–H and O–H groups in total. The Kier molecular flexibility index (Phi) is 5.65. The van der Waals surface area contributed by atoms with Crippen LogP contribution in [-0.2, 0) is 14.3 Å². The Balaban J connectivity index is 1.63. The van der Waals surface area contributed by atoms with E-state index in [9.17, 15) is 9.59 Å². The Hall–Kier alpha value is -1.47. The highest BCUT2D eigenvalue weighted by Crippen LogP contribution is 2.75. The minimum atomic E-state index is -0.570. The van der Waals surface area contributed by atoms with Crippen molar-refractivity contribution in [1.29, 1.82) is 0 Å². The van der Waals surface area contributed by atoms with Crippen LogP contribution in [0.25, 0.3) is 4.85 Å². The number of hydrogen-bond acceptors (Lipinski definition) is 3. The fourth-order valence-electron chi connectivity index (χ4n) is 10.9. The third-order valence-corrected chi connectivity index (χ3v) is 13.1. The number of nitrogens with zero attached hydrogens (tertiary/aromatic N) is 1. The van der Waals surface area contributed by atoms with Gasteiger partial charge >= 0.3 is 0 Å². The molecular formula is C32H47NO3. The molecule has 0 aromatic carbocycles. The van der Waals surface area contributed by atoms with E-state index in [2.05, 4.69) is 39.5 Å². The largest absolute Gasteiger partial charge is 0.384 e. The summed E-state index contributed by atoms with van der Waals surface area (Å²) >= 11 is 0. The summed E-state index contributed by atoms with van der Waals surface area (Å²) in [6, 6.07) is 0. The number of carbonyl (C=O) groups is 2. The number of Topliss-reactive ketones (excluding diaryl/α,β-unsaturated/α-hetero) is 2. The van der Waals surface area contributed by atoms with Crippen LogP contribution in [0.5, 0.6) is 0 Å². The fraction of sp³-hybridized carbons (Fsp3) is 0.844. The highest BCUT2D eigenvalue weighted by molar-refractivity contribution is 6.02. The third kappa shape index (κ3) is 3.14. The SMILES string of the molecule is [C-]#[N+]C1=C[C@]2(C)[C@H]3CC(=O)[C@@H]4[C@@H]5CC(C)(C)CC[C@]5(COC)CC[C@@]4(C)[C@]3(C)CC[C@H]2C(C)(C)C1=O. The molecule has 5 aliphatic carbocycles. The number of carbonyl (C=O) groups excluding carboxylic acids is 2. The highest BCUT2D eigenvalue weighted by atomic mass is 16.5. The summed E-state index contributed by atoms with van der Waals surface area (Å²) < 4.78 is 5.85. The van der Waals surface area contributed by atoms with E-state index in [4.69, 9.17) is 11.3 Å². The van der Waals surface area contributed by atoms with E-state index in [-0.39, 0.29) is 50.6 Å². The standard InChI is InChI=1S/C32H47NO3/c1-27(2)12-14-32(19-36-9)15-13-31(7)25(20(32)17-27)22(34)16-24-29(5)18-21(33-8)26(35)28(3,4)23(29)10-11-30(24,31)6/h18,20,23-25H,10-17,19H2,1-7,9H3/t20-,23-,24+,25-,29-,30+,31+,32+/m0/s1. The predicted octanol–water partition coefficient (Wildman–Crippen LogP) is 7.29. The van der Waals surface area contributed by atoms with Crippen molar-refractivity contribution >= 4 is 11.6 Å². The van der Waals surface area contributed by atoms with Gasteiger partial charge in [-0.1, -0.05) is 54.5 Å². The Bertz CT molecular complexity index is 1060. The van der Waals surface area contributed by atoms with Crippen molar-refractivity contribution in [3.05, 3.63) is 23.2 Å². The van der Waals surface area contributed by atoms with Crippen LogP contribution in [-0.4, -0.2) is 25.3 Å². The van der Waals surface area contributed by atoms with Crippen LogP contribution in [0.2, 0.25) is 0 Å². The van der Waals surface area contributed by atoms with Crippen LogP contribution in [0, 0.1) is 62.7 Å². The van der Waals surface area contributed by atoms with Crippen molar-refractivity contribution in [2.75, 3.05) is 13.7 Å². The lowest BCUT2D eigenvalue weighted by Crippen LogP contribution is -2.68. The quantitative estimate of drug-likeness (QED) is 0.380. The Morgan fingerprint density at radius 3 is 2.25 bits per heavy atom. The lowest BCUT2D eigenvalue weighted by Gasteiger charge is -2.72. The number of rotatable bonds is 2.